The third-order valence-corrected chi connectivity index (χ3v) is 4.09. The zero-order chi connectivity index (χ0) is 11.6. The molecule has 17 heavy (non-hydrogen) atoms. The van der Waals surface area contributed by atoms with Gasteiger partial charge in [-0.05, 0) is 50.8 Å². The monoisotopic (exact) mass is 230 g/mol. The van der Waals surface area contributed by atoms with Gasteiger partial charge >= 0.3 is 0 Å². The second-order valence-electron chi connectivity index (χ2n) is 5.61. The van der Waals surface area contributed by atoms with Gasteiger partial charge in [0.1, 0.15) is 0 Å². The van der Waals surface area contributed by atoms with Crippen molar-refractivity contribution in [2.75, 3.05) is 13.1 Å². The maximum absolute atomic E-state index is 3.91. The third kappa shape index (κ3) is 2.88. The van der Waals surface area contributed by atoms with Gasteiger partial charge in [-0.1, -0.05) is 30.3 Å². The predicted octanol–water partition coefficient (Wildman–Crippen LogP) is 2.10. The molecule has 3 rings (SSSR count). The first-order valence-electron chi connectivity index (χ1n) is 6.89. The van der Waals surface area contributed by atoms with Gasteiger partial charge in [0.05, 0.1) is 0 Å². The fraction of sp³-hybridized carbons (Fsp3) is 0.600. The van der Waals surface area contributed by atoms with Gasteiger partial charge in [-0.15, -0.1) is 0 Å². The van der Waals surface area contributed by atoms with Gasteiger partial charge in [0, 0.05) is 11.6 Å². The maximum Gasteiger partial charge on any atom is 0.0225 e. The molecule has 2 fully saturated rings. The minimum Gasteiger partial charge on any atom is -0.317 e. The zero-order valence-electron chi connectivity index (χ0n) is 10.4. The van der Waals surface area contributed by atoms with E-state index in [1.165, 1.54) is 50.8 Å². The largest absolute Gasteiger partial charge is 0.317 e. The van der Waals surface area contributed by atoms with Crippen molar-refractivity contribution in [1.29, 1.82) is 0 Å². The normalized spacial score (nSPS) is 23.5. The lowest BCUT2D eigenvalue weighted by Gasteiger charge is -2.29. The molecule has 1 aliphatic carbocycles. The Hall–Kier alpha value is -0.860. The smallest absolute Gasteiger partial charge is 0.0225 e. The maximum atomic E-state index is 3.91. The van der Waals surface area contributed by atoms with E-state index < -0.39 is 0 Å². The quantitative estimate of drug-likeness (QED) is 0.828. The summed E-state index contributed by atoms with van der Waals surface area (Å²) in [6.07, 6.45) is 6.49. The van der Waals surface area contributed by atoms with Crippen LogP contribution < -0.4 is 10.6 Å². The predicted molar refractivity (Wildman–Crippen MR) is 71.1 cm³/mol. The van der Waals surface area contributed by atoms with E-state index in [1.807, 2.05) is 0 Å². The summed E-state index contributed by atoms with van der Waals surface area (Å²) in [6, 6.07) is 11.6. The Bertz CT molecular complexity index is 350. The summed E-state index contributed by atoms with van der Waals surface area (Å²) in [6.45, 7) is 2.36. The van der Waals surface area contributed by atoms with E-state index in [2.05, 4.69) is 41.0 Å². The summed E-state index contributed by atoms with van der Waals surface area (Å²) < 4.78 is 0. The fourth-order valence-corrected chi connectivity index (χ4v) is 2.91. The molecule has 0 amide bonds. The molecule has 0 aromatic heterocycles. The molecule has 1 aromatic rings. The number of nitrogens with one attached hydrogen (secondary N) is 2. The van der Waals surface area contributed by atoms with E-state index in [1.54, 1.807) is 0 Å². The average Bonchev–Trinajstić information content (AvgIpc) is 3.11. The van der Waals surface area contributed by atoms with Crippen LogP contribution in [-0.4, -0.2) is 24.7 Å². The molecule has 0 spiro atoms. The molecule has 0 radical (unpaired) electrons. The van der Waals surface area contributed by atoms with Crippen LogP contribution in [0.1, 0.15) is 31.2 Å². The van der Waals surface area contributed by atoms with Crippen molar-refractivity contribution in [3.05, 3.63) is 35.9 Å². The second kappa shape index (κ2) is 4.79. The highest BCUT2D eigenvalue weighted by atomic mass is 15.1. The third-order valence-electron chi connectivity index (χ3n) is 4.09. The summed E-state index contributed by atoms with van der Waals surface area (Å²) in [4.78, 5) is 0. The Morgan fingerprint density at radius 1 is 1.12 bits per heavy atom. The van der Waals surface area contributed by atoms with Crippen molar-refractivity contribution in [2.24, 2.45) is 0 Å². The first-order valence-corrected chi connectivity index (χ1v) is 6.89. The molecule has 2 aliphatic rings. The van der Waals surface area contributed by atoms with Crippen LogP contribution in [0, 0.1) is 0 Å². The van der Waals surface area contributed by atoms with Gasteiger partial charge in [-0.2, -0.15) is 0 Å². The van der Waals surface area contributed by atoms with E-state index >= 15 is 0 Å². The molecule has 2 nitrogen and oxygen atoms in total. The van der Waals surface area contributed by atoms with E-state index in [4.69, 9.17) is 0 Å². The Kier molecular flexibility index (Phi) is 3.17. The number of hydrogen-bond donors (Lipinski definition) is 2. The Morgan fingerprint density at radius 3 is 2.47 bits per heavy atom. The van der Waals surface area contributed by atoms with Gasteiger partial charge in [0.25, 0.3) is 0 Å². The molecule has 1 aromatic carbocycles. The minimum absolute atomic E-state index is 0.434. The minimum atomic E-state index is 0.434. The van der Waals surface area contributed by atoms with Crippen molar-refractivity contribution in [3.8, 4) is 0 Å². The number of piperidine rings is 1. The van der Waals surface area contributed by atoms with Gasteiger partial charge < -0.3 is 10.6 Å². The van der Waals surface area contributed by atoms with Crippen LogP contribution in [0.25, 0.3) is 0 Å². The summed E-state index contributed by atoms with van der Waals surface area (Å²) in [5.74, 6) is 0. The highest BCUT2D eigenvalue weighted by Crippen LogP contribution is 2.39. The summed E-state index contributed by atoms with van der Waals surface area (Å²) in [7, 11) is 0. The van der Waals surface area contributed by atoms with Crippen molar-refractivity contribution < 1.29 is 0 Å². The van der Waals surface area contributed by atoms with Crippen molar-refractivity contribution in [3.63, 3.8) is 0 Å². The molecule has 1 aliphatic heterocycles. The first-order chi connectivity index (χ1) is 8.36. The summed E-state index contributed by atoms with van der Waals surface area (Å²) >= 11 is 0. The van der Waals surface area contributed by atoms with Crippen LogP contribution in [0.2, 0.25) is 0 Å². The lowest BCUT2D eigenvalue weighted by Crippen LogP contribution is -2.46. The van der Waals surface area contributed by atoms with Crippen LogP contribution in [0.3, 0.4) is 0 Å². The highest BCUT2D eigenvalue weighted by molar-refractivity contribution is 5.21. The van der Waals surface area contributed by atoms with Crippen molar-refractivity contribution in [2.45, 2.75) is 43.7 Å². The van der Waals surface area contributed by atoms with Gasteiger partial charge in [-0.25, -0.2) is 0 Å². The number of benzene rings is 1. The second-order valence-corrected chi connectivity index (χ2v) is 5.61. The van der Waals surface area contributed by atoms with E-state index in [0.29, 0.717) is 5.54 Å². The molecule has 1 saturated carbocycles. The average molecular weight is 230 g/mol. The first kappa shape index (κ1) is 11.2. The molecular formula is C15H22N2. The van der Waals surface area contributed by atoms with E-state index in [0.717, 1.165) is 6.04 Å². The van der Waals surface area contributed by atoms with Gasteiger partial charge in [-0.3, -0.25) is 0 Å². The van der Waals surface area contributed by atoms with Gasteiger partial charge in [0.15, 0.2) is 0 Å². The molecule has 0 bridgehead atoms. The van der Waals surface area contributed by atoms with Crippen LogP contribution in [0.4, 0.5) is 0 Å². The Balaban J connectivity index is 1.58. The Labute approximate surface area is 104 Å². The SMILES string of the molecule is c1ccc(CC2(NC3CCNCC3)CC2)cc1. The van der Waals surface area contributed by atoms with Crippen molar-refractivity contribution in [1.82, 2.24) is 10.6 Å². The fourth-order valence-electron chi connectivity index (χ4n) is 2.91. The van der Waals surface area contributed by atoms with E-state index in [-0.39, 0.29) is 0 Å². The molecule has 0 atom stereocenters. The molecular weight excluding hydrogens is 208 g/mol. The topological polar surface area (TPSA) is 24.1 Å². The Morgan fingerprint density at radius 2 is 1.82 bits per heavy atom. The molecule has 1 heterocycles. The zero-order valence-corrected chi connectivity index (χ0v) is 10.4. The van der Waals surface area contributed by atoms with Crippen LogP contribution in [-0.2, 0) is 6.42 Å². The molecule has 92 valence electrons. The van der Waals surface area contributed by atoms with Crippen LogP contribution >= 0.6 is 0 Å². The molecule has 2 heteroatoms. The number of rotatable bonds is 4. The van der Waals surface area contributed by atoms with Gasteiger partial charge in [0.2, 0.25) is 0 Å². The molecule has 1 saturated heterocycles. The lowest BCUT2D eigenvalue weighted by atomic mass is 10.00. The van der Waals surface area contributed by atoms with Crippen LogP contribution in [0.5, 0.6) is 0 Å². The molecule has 0 unspecified atom stereocenters. The summed E-state index contributed by atoms with van der Waals surface area (Å²) in [5, 5.41) is 7.35. The number of hydrogen-bond acceptors (Lipinski definition) is 2. The lowest BCUT2D eigenvalue weighted by molar-refractivity contribution is 0.334. The summed E-state index contributed by atoms with van der Waals surface area (Å²) in [5.41, 5.74) is 1.91. The molecule has 2 N–H and O–H groups in total. The highest BCUT2D eigenvalue weighted by Gasteiger charge is 2.43. The van der Waals surface area contributed by atoms with Crippen LogP contribution in [0.15, 0.2) is 30.3 Å². The van der Waals surface area contributed by atoms with Crippen molar-refractivity contribution >= 4 is 0 Å². The standard InChI is InChI=1S/C15H22N2/c1-2-4-13(5-3-1)12-15(8-9-15)17-14-6-10-16-11-7-14/h1-5,14,16-17H,6-12H2. The van der Waals surface area contributed by atoms with E-state index in [9.17, 15) is 0 Å².